The first-order chi connectivity index (χ1) is 3.46. The molecule has 0 fully saturated rings. The second kappa shape index (κ2) is 15.7. The first kappa shape index (κ1) is 22.9. The molecule has 0 aromatic carbocycles. The Hall–Kier alpha value is -0.810. The third kappa shape index (κ3) is 420. The van der Waals surface area contributed by atoms with Gasteiger partial charge < -0.3 is 16.9 Å². The topological polar surface area (TPSA) is 118 Å². The van der Waals surface area contributed by atoms with Crippen molar-refractivity contribution in [1.29, 1.82) is 0 Å². The van der Waals surface area contributed by atoms with E-state index in [0.717, 1.165) is 0 Å². The molecule has 0 saturated carbocycles. The minimum Gasteiger partial charge on any atom is -0.412 e. The maximum atomic E-state index is 9.22. The van der Waals surface area contributed by atoms with E-state index in [-0.39, 0.29) is 29.7 Å². The molecule has 0 unspecified atom stereocenters. The fraction of sp³-hybridized carbons (Fsp3) is 0.500. The van der Waals surface area contributed by atoms with E-state index in [1.807, 2.05) is 0 Å². The van der Waals surface area contributed by atoms with Gasteiger partial charge in [-0.15, -0.1) is 12.4 Å². The van der Waals surface area contributed by atoms with E-state index in [9.17, 15) is 9.59 Å². The van der Waals surface area contributed by atoms with E-state index in [4.69, 9.17) is 0 Å². The average Bonchev–Trinajstić information content (AvgIpc) is 1.25. The van der Waals surface area contributed by atoms with E-state index in [1.54, 1.807) is 0 Å². The van der Waals surface area contributed by atoms with Crippen molar-refractivity contribution in [3.05, 3.63) is 0 Å². The Labute approximate surface area is 65.5 Å². The minimum atomic E-state index is -0.333. The van der Waals surface area contributed by atoms with Gasteiger partial charge in [0, 0.05) is 13.8 Å². The first-order valence-electron chi connectivity index (χ1n) is 1.99. The van der Waals surface area contributed by atoms with E-state index in [2.05, 4.69) is 11.5 Å². The minimum absolute atomic E-state index is 0. The van der Waals surface area contributed by atoms with Crippen LogP contribution in [0.15, 0.2) is 0 Å². The van der Waals surface area contributed by atoms with Gasteiger partial charge in [-0.2, -0.15) is 0 Å². The van der Waals surface area contributed by atoms with Crippen molar-refractivity contribution in [3.63, 3.8) is 0 Å². The van der Waals surface area contributed by atoms with Crippen LogP contribution in [0.3, 0.4) is 0 Å². The van der Waals surface area contributed by atoms with Crippen LogP contribution >= 0.6 is 12.4 Å². The Balaban J connectivity index is -0.0000000300. The number of halogens is 1. The van der Waals surface area contributed by atoms with Gasteiger partial charge in [0.05, 0.1) is 0 Å². The summed E-state index contributed by atoms with van der Waals surface area (Å²) in [5.41, 5.74) is 8.94. The van der Waals surface area contributed by atoms with Gasteiger partial charge in [-0.05, 0) is 0 Å². The van der Waals surface area contributed by atoms with Gasteiger partial charge in [-0.25, -0.2) is 0 Å². The van der Waals surface area contributed by atoms with E-state index in [1.165, 1.54) is 13.8 Å². The van der Waals surface area contributed by atoms with Crippen molar-refractivity contribution in [3.8, 4) is 0 Å². The smallest absolute Gasteiger partial charge is 0.214 e. The number of primary amides is 2. The molecule has 0 aliphatic heterocycles. The normalized spacial score (nSPS) is 5.00. The largest absolute Gasteiger partial charge is 0.412 e. The SMILES string of the molecule is CC(N)=O.CC(N)=O.Cl.O. The Kier molecular flexibility index (Phi) is 36.0. The van der Waals surface area contributed by atoms with Crippen LogP contribution < -0.4 is 11.5 Å². The van der Waals surface area contributed by atoms with E-state index < -0.39 is 0 Å². The molecule has 6 heteroatoms. The quantitative estimate of drug-likeness (QED) is 0.467. The molecule has 0 bridgehead atoms. The van der Waals surface area contributed by atoms with Crippen molar-refractivity contribution < 1.29 is 15.1 Å². The highest BCUT2D eigenvalue weighted by atomic mass is 35.5. The van der Waals surface area contributed by atoms with Gasteiger partial charge in [-0.1, -0.05) is 0 Å². The number of carbonyl (C=O) groups is 2. The number of nitrogens with two attached hydrogens (primary N) is 2. The summed E-state index contributed by atoms with van der Waals surface area (Å²) in [7, 11) is 0. The molecule has 2 amide bonds. The van der Waals surface area contributed by atoms with Crippen LogP contribution in [0.4, 0.5) is 0 Å². The van der Waals surface area contributed by atoms with E-state index >= 15 is 0 Å². The van der Waals surface area contributed by atoms with Crippen molar-refractivity contribution in [2.75, 3.05) is 0 Å². The molecule has 5 nitrogen and oxygen atoms in total. The molecule has 0 aliphatic carbocycles. The Bertz CT molecular complexity index is 76.5. The summed E-state index contributed by atoms with van der Waals surface area (Å²) in [6.07, 6.45) is 0. The molecule has 0 aromatic heterocycles. The molecule has 64 valence electrons. The lowest BCUT2D eigenvalue weighted by molar-refractivity contribution is -0.116. The molecule has 0 spiro atoms. The van der Waals surface area contributed by atoms with Crippen molar-refractivity contribution >= 4 is 24.2 Å². The van der Waals surface area contributed by atoms with Crippen LogP contribution in [0.5, 0.6) is 0 Å². The molecule has 0 radical (unpaired) electrons. The maximum Gasteiger partial charge on any atom is 0.214 e. The van der Waals surface area contributed by atoms with Crippen LogP contribution in [0.2, 0.25) is 0 Å². The third-order valence-electron chi connectivity index (χ3n) is 0. The zero-order valence-electron chi connectivity index (χ0n) is 5.88. The lowest BCUT2D eigenvalue weighted by Crippen LogP contribution is -2.01. The summed E-state index contributed by atoms with van der Waals surface area (Å²) >= 11 is 0. The highest BCUT2D eigenvalue weighted by molar-refractivity contribution is 5.85. The van der Waals surface area contributed by atoms with Gasteiger partial charge in [0.1, 0.15) is 0 Å². The summed E-state index contributed by atoms with van der Waals surface area (Å²) in [4.78, 5) is 18.4. The van der Waals surface area contributed by atoms with Crippen molar-refractivity contribution in [1.82, 2.24) is 0 Å². The lowest BCUT2D eigenvalue weighted by Gasteiger charge is -1.60. The second-order valence-electron chi connectivity index (χ2n) is 1.22. The van der Waals surface area contributed by atoms with Gasteiger partial charge >= 0.3 is 0 Å². The molecule has 10 heavy (non-hydrogen) atoms. The fourth-order valence-electron chi connectivity index (χ4n) is 0. The number of amides is 2. The predicted octanol–water partition coefficient (Wildman–Crippen LogP) is -1.42. The molecular weight excluding hydrogens is 160 g/mol. The van der Waals surface area contributed by atoms with Crippen LogP contribution in [-0.2, 0) is 9.59 Å². The van der Waals surface area contributed by atoms with Crippen LogP contribution in [0.25, 0.3) is 0 Å². The molecule has 0 saturated heterocycles. The standard InChI is InChI=1S/2C2H5NO.ClH.H2O/c2*1-2(3)4;;/h2*1H3,(H2,3,4);1H;1H2. The van der Waals surface area contributed by atoms with Crippen LogP contribution in [0.1, 0.15) is 13.8 Å². The zero-order valence-corrected chi connectivity index (χ0v) is 6.70. The molecular formula is C4H13ClN2O3. The summed E-state index contributed by atoms with van der Waals surface area (Å²) in [6, 6.07) is 0. The third-order valence-corrected chi connectivity index (χ3v) is 0. The summed E-state index contributed by atoms with van der Waals surface area (Å²) in [6.45, 7) is 2.61. The molecule has 0 atom stereocenters. The van der Waals surface area contributed by atoms with Gasteiger partial charge in [0.15, 0.2) is 0 Å². The van der Waals surface area contributed by atoms with Gasteiger partial charge in [0.25, 0.3) is 0 Å². The van der Waals surface area contributed by atoms with Crippen molar-refractivity contribution in [2.45, 2.75) is 13.8 Å². The number of hydrogen-bond acceptors (Lipinski definition) is 2. The molecule has 0 heterocycles. The zero-order chi connectivity index (χ0) is 7.15. The number of hydrogen-bond donors (Lipinski definition) is 2. The van der Waals surface area contributed by atoms with Gasteiger partial charge in [-0.3, -0.25) is 9.59 Å². The monoisotopic (exact) mass is 172 g/mol. The Morgan fingerprint density at radius 1 is 1.00 bits per heavy atom. The number of carbonyl (C=O) groups excluding carboxylic acids is 2. The van der Waals surface area contributed by atoms with Crippen molar-refractivity contribution in [2.24, 2.45) is 11.5 Å². The maximum absolute atomic E-state index is 9.22. The highest BCUT2D eigenvalue weighted by Gasteiger charge is 1.61. The second-order valence-corrected chi connectivity index (χ2v) is 1.22. The summed E-state index contributed by atoms with van der Waals surface area (Å²) < 4.78 is 0. The average molecular weight is 173 g/mol. The number of rotatable bonds is 0. The lowest BCUT2D eigenvalue weighted by atomic mass is 10.8. The highest BCUT2D eigenvalue weighted by Crippen LogP contribution is 1.33. The molecule has 0 rings (SSSR count). The summed E-state index contributed by atoms with van der Waals surface area (Å²) in [5, 5.41) is 0. The fourth-order valence-corrected chi connectivity index (χ4v) is 0. The predicted molar refractivity (Wildman–Crippen MR) is 40.6 cm³/mol. The molecule has 0 aromatic rings. The Morgan fingerprint density at radius 2 is 1.00 bits per heavy atom. The first-order valence-corrected chi connectivity index (χ1v) is 1.99. The molecule has 0 aliphatic rings. The van der Waals surface area contributed by atoms with E-state index in [0.29, 0.717) is 0 Å². The van der Waals surface area contributed by atoms with Crippen LogP contribution in [0, 0.1) is 0 Å². The summed E-state index contributed by atoms with van der Waals surface area (Å²) in [5.74, 6) is -0.667. The van der Waals surface area contributed by atoms with Gasteiger partial charge in [0.2, 0.25) is 11.8 Å². The van der Waals surface area contributed by atoms with Crippen LogP contribution in [-0.4, -0.2) is 17.3 Å². The molecule has 6 N–H and O–H groups in total. The Morgan fingerprint density at radius 3 is 1.00 bits per heavy atom.